The first kappa shape index (κ1) is 13.0. The standard InChI is InChI=1S/C20H16O2/c1-21-18-9-6-14(7-10-18)15-8-11-20-17(12-15)13-16-4-2-3-5-19(16)22-20/h2-12H,13H2,1H3. The second-order valence-corrected chi connectivity index (χ2v) is 5.44. The van der Waals surface area contributed by atoms with Crippen LogP contribution < -0.4 is 9.47 Å². The number of para-hydroxylation sites is 1. The van der Waals surface area contributed by atoms with E-state index < -0.39 is 0 Å². The summed E-state index contributed by atoms with van der Waals surface area (Å²) in [5.74, 6) is 2.79. The Morgan fingerprint density at radius 1 is 0.773 bits per heavy atom. The van der Waals surface area contributed by atoms with Gasteiger partial charge < -0.3 is 9.47 Å². The van der Waals surface area contributed by atoms with Gasteiger partial charge in [-0.15, -0.1) is 0 Å². The lowest BCUT2D eigenvalue weighted by molar-refractivity contribution is 0.415. The van der Waals surface area contributed by atoms with Crippen LogP contribution in [0.25, 0.3) is 11.1 Å². The fourth-order valence-corrected chi connectivity index (χ4v) is 2.85. The molecule has 22 heavy (non-hydrogen) atoms. The van der Waals surface area contributed by atoms with Gasteiger partial charge in [-0.3, -0.25) is 0 Å². The van der Waals surface area contributed by atoms with Crippen molar-refractivity contribution in [3.05, 3.63) is 77.9 Å². The molecule has 2 heteroatoms. The van der Waals surface area contributed by atoms with Crippen LogP contribution in [0.5, 0.6) is 17.2 Å². The van der Waals surface area contributed by atoms with E-state index in [0.29, 0.717) is 0 Å². The Balaban J connectivity index is 1.70. The molecule has 0 unspecified atom stereocenters. The van der Waals surface area contributed by atoms with Crippen molar-refractivity contribution < 1.29 is 9.47 Å². The van der Waals surface area contributed by atoms with Crippen LogP contribution in [-0.4, -0.2) is 7.11 Å². The zero-order valence-electron chi connectivity index (χ0n) is 12.4. The van der Waals surface area contributed by atoms with E-state index in [1.54, 1.807) is 7.11 Å². The van der Waals surface area contributed by atoms with Crippen LogP contribution in [0, 0.1) is 0 Å². The Morgan fingerprint density at radius 2 is 1.50 bits per heavy atom. The van der Waals surface area contributed by atoms with Gasteiger partial charge in [-0.05, 0) is 52.6 Å². The molecular formula is C20H16O2. The third kappa shape index (κ3) is 2.23. The molecule has 0 saturated carbocycles. The molecule has 0 bridgehead atoms. The normalized spacial score (nSPS) is 12.0. The first-order valence-electron chi connectivity index (χ1n) is 7.36. The molecule has 0 aliphatic carbocycles. The Hall–Kier alpha value is -2.74. The van der Waals surface area contributed by atoms with E-state index >= 15 is 0 Å². The van der Waals surface area contributed by atoms with E-state index in [0.717, 1.165) is 23.7 Å². The van der Waals surface area contributed by atoms with Gasteiger partial charge in [-0.1, -0.05) is 36.4 Å². The van der Waals surface area contributed by atoms with Gasteiger partial charge in [-0.2, -0.15) is 0 Å². The van der Waals surface area contributed by atoms with Gasteiger partial charge in [0.05, 0.1) is 7.11 Å². The summed E-state index contributed by atoms with van der Waals surface area (Å²) < 4.78 is 11.2. The van der Waals surface area contributed by atoms with E-state index in [9.17, 15) is 0 Å². The second-order valence-electron chi connectivity index (χ2n) is 5.44. The second kappa shape index (κ2) is 5.23. The van der Waals surface area contributed by atoms with Gasteiger partial charge in [0, 0.05) is 6.42 Å². The molecule has 0 amide bonds. The fourth-order valence-electron chi connectivity index (χ4n) is 2.85. The maximum atomic E-state index is 5.98. The smallest absolute Gasteiger partial charge is 0.131 e. The van der Waals surface area contributed by atoms with Crippen LogP contribution >= 0.6 is 0 Å². The molecule has 0 aromatic heterocycles. The van der Waals surface area contributed by atoms with Crippen molar-refractivity contribution >= 4 is 0 Å². The zero-order valence-corrected chi connectivity index (χ0v) is 12.4. The van der Waals surface area contributed by atoms with Crippen LogP contribution in [0.4, 0.5) is 0 Å². The molecule has 0 saturated heterocycles. The van der Waals surface area contributed by atoms with Crippen LogP contribution in [0.1, 0.15) is 11.1 Å². The molecule has 0 radical (unpaired) electrons. The number of benzene rings is 3. The highest BCUT2D eigenvalue weighted by atomic mass is 16.5. The summed E-state index contributed by atoms with van der Waals surface area (Å²) in [6.45, 7) is 0. The van der Waals surface area contributed by atoms with E-state index in [4.69, 9.17) is 9.47 Å². The van der Waals surface area contributed by atoms with Gasteiger partial charge in [0.2, 0.25) is 0 Å². The molecule has 3 aromatic carbocycles. The van der Waals surface area contributed by atoms with E-state index in [-0.39, 0.29) is 0 Å². The van der Waals surface area contributed by atoms with Crippen molar-refractivity contribution in [2.24, 2.45) is 0 Å². The van der Waals surface area contributed by atoms with Crippen molar-refractivity contribution in [2.75, 3.05) is 7.11 Å². The third-order valence-corrected chi connectivity index (χ3v) is 4.06. The summed E-state index contributed by atoms with van der Waals surface area (Å²) in [5.41, 5.74) is 4.85. The number of rotatable bonds is 2. The molecule has 0 fully saturated rings. The van der Waals surface area contributed by atoms with Crippen LogP contribution in [0.3, 0.4) is 0 Å². The van der Waals surface area contributed by atoms with Crippen molar-refractivity contribution in [2.45, 2.75) is 6.42 Å². The average molecular weight is 288 g/mol. The SMILES string of the molecule is COc1ccc(-c2ccc3c(c2)Cc2ccccc2O3)cc1. The number of hydrogen-bond donors (Lipinski definition) is 0. The van der Waals surface area contributed by atoms with Gasteiger partial charge >= 0.3 is 0 Å². The monoisotopic (exact) mass is 288 g/mol. The number of ether oxygens (including phenoxy) is 2. The topological polar surface area (TPSA) is 18.5 Å². The number of fused-ring (bicyclic) bond motifs is 2. The van der Waals surface area contributed by atoms with Gasteiger partial charge in [-0.25, -0.2) is 0 Å². The fraction of sp³-hybridized carbons (Fsp3) is 0.100. The van der Waals surface area contributed by atoms with Crippen molar-refractivity contribution in [3.63, 3.8) is 0 Å². The van der Waals surface area contributed by atoms with E-state index in [1.807, 2.05) is 24.3 Å². The molecule has 0 spiro atoms. The summed E-state index contributed by atoms with van der Waals surface area (Å²) >= 11 is 0. The highest BCUT2D eigenvalue weighted by Crippen LogP contribution is 2.38. The Morgan fingerprint density at radius 3 is 2.32 bits per heavy atom. The molecular weight excluding hydrogens is 272 g/mol. The summed E-state index contributed by atoms with van der Waals surface area (Å²) in [5, 5.41) is 0. The average Bonchev–Trinajstić information content (AvgIpc) is 2.59. The maximum Gasteiger partial charge on any atom is 0.131 e. The largest absolute Gasteiger partial charge is 0.497 e. The molecule has 108 valence electrons. The van der Waals surface area contributed by atoms with Crippen molar-refractivity contribution in [3.8, 4) is 28.4 Å². The molecule has 0 atom stereocenters. The first-order chi connectivity index (χ1) is 10.8. The maximum absolute atomic E-state index is 5.98. The molecule has 2 nitrogen and oxygen atoms in total. The van der Waals surface area contributed by atoms with Crippen LogP contribution in [0.2, 0.25) is 0 Å². The first-order valence-corrected chi connectivity index (χ1v) is 7.36. The van der Waals surface area contributed by atoms with Gasteiger partial charge in [0.15, 0.2) is 0 Å². The number of methoxy groups -OCH3 is 1. The van der Waals surface area contributed by atoms with E-state index in [2.05, 4.69) is 42.5 Å². The molecule has 0 N–H and O–H groups in total. The number of hydrogen-bond acceptors (Lipinski definition) is 2. The molecule has 1 aliphatic rings. The molecule has 3 aromatic rings. The molecule has 1 heterocycles. The van der Waals surface area contributed by atoms with E-state index in [1.165, 1.54) is 22.3 Å². The highest BCUT2D eigenvalue weighted by molar-refractivity contribution is 5.67. The Labute approximate surface area is 129 Å². The summed E-state index contributed by atoms with van der Waals surface area (Å²) in [6, 6.07) is 22.7. The highest BCUT2D eigenvalue weighted by Gasteiger charge is 2.16. The summed E-state index contributed by atoms with van der Waals surface area (Å²) in [6.07, 6.45) is 0.912. The van der Waals surface area contributed by atoms with Crippen LogP contribution in [0.15, 0.2) is 66.7 Å². The third-order valence-electron chi connectivity index (χ3n) is 4.06. The van der Waals surface area contributed by atoms with Gasteiger partial charge in [0.1, 0.15) is 17.2 Å². The predicted molar refractivity (Wildman–Crippen MR) is 87.8 cm³/mol. The lowest BCUT2D eigenvalue weighted by atomic mass is 9.96. The lowest BCUT2D eigenvalue weighted by Gasteiger charge is -2.20. The summed E-state index contributed by atoms with van der Waals surface area (Å²) in [4.78, 5) is 0. The lowest BCUT2D eigenvalue weighted by Crippen LogP contribution is -2.02. The van der Waals surface area contributed by atoms with Crippen molar-refractivity contribution in [1.29, 1.82) is 0 Å². The minimum Gasteiger partial charge on any atom is -0.497 e. The predicted octanol–water partition coefficient (Wildman–Crippen LogP) is 5.06. The zero-order chi connectivity index (χ0) is 14.9. The van der Waals surface area contributed by atoms with Gasteiger partial charge in [0.25, 0.3) is 0 Å². The quantitative estimate of drug-likeness (QED) is 0.513. The Bertz CT molecular complexity index is 819. The molecule has 1 aliphatic heterocycles. The summed E-state index contributed by atoms with van der Waals surface area (Å²) in [7, 11) is 1.68. The Kier molecular flexibility index (Phi) is 3.08. The van der Waals surface area contributed by atoms with Crippen LogP contribution in [-0.2, 0) is 6.42 Å². The minimum absolute atomic E-state index is 0.874. The molecule has 4 rings (SSSR count). The minimum atomic E-state index is 0.874. The van der Waals surface area contributed by atoms with Crippen molar-refractivity contribution in [1.82, 2.24) is 0 Å².